The Kier molecular flexibility index (Phi) is 17.7. The number of nitrogens with zero attached hydrogens (tertiary/aromatic N) is 4. The van der Waals surface area contributed by atoms with Crippen LogP contribution in [-0.2, 0) is 28.0 Å². The SMILES string of the molecule is CCCS(=O)c1c(C(F)(F)F)ccc(C(=O)Nc2nnc(C)o2)c1F.CCCSc1c(C(F)(F)F)ccc(C(=O)Nc2nnc(C)o2)c1F.O=C(OO)c1cccc(Cl)c1. The van der Waals surface area contributed by atoms with Gasteiger partial charge in [0, 0.05) is 24.6 Å². The molecule has 0 aliphatic heterocycles. The van der Waals surface area contributed by atoms with Gasteiger partial charge in [-0.15, -0.1) is 22.0 Å². The number of rotatable bonds is 11. The van der Waals surface area contributed by atoms with Crippen LogP contribution >= 0.6 is 23.4 Å². The van der Waals surface area contributed by atoms with Crippen LogP contribution < -0.4 is 10.6 Å². The highest BCUT2D eigenvalue weighted by molar-refractivity contribution is 7.99. The number of hydrogen-bond donors (Lipinski definition) is 3. The number of halogens is 9. The highest BCUT2D eigenvalue weighted by Crippen LogP contribution is 2.40. The van der Waals surface area contributed by atoms with Crippen LogP contribution in [-0.4, -0.2) is 59.2 Å². The minimum atomic E-state index is -4.90. The van der Waals surface area contributed by atoms with Gasteiger partial charge in [-0.3, -0.25) is 29.3 Å². The van der Waals surface area contributed by atoms with Crippen LogP contribution in [0.4, 0.5) is 47.2 Å². The van der Waals surface area contributed by atoms with E-state index in [0.29, 0.717) is 41.4 Å². The minimum absolute atomic E-state index is 0.132. The summed E-state index contributed by atoms with van der Waals surface area (Å²) in [5.74, 6) is -5.17. The van der Waals surface area contributed by atoms with Crippen molar-refractivity contribution in [2.75, 3.05) is 22.1 Å². The van der Waals surface area contributed by atoms with E-state index in [2.05, 4.69) is 35.9 Å². The average molecular weight is 915 g/mol. The lowest BCUT2D eigenvalue weighted by Crippen LogP contribution is -2.19. The number of carbonyl (C=O) groups is 3. The molecule has 0 saturated heterocycles. The molecule has 60 heavy (non-hydrogen) atoms. The number of aryl methyl sites for hydroxylation is 2. The van der Waals surface area contributed by atoms with Crippen LogP contribution in [0, 0.1) is 25.5 Å². The Labute approximate surface area is 345 Å². The topological polar surface area (TPSA) is 200 Å². The lowest BCUT2D eigenvalue weighted by atomic mass is 10.1. The molecule has 0 aliphatic rings. The zero-order valence-electron chi connectivity index (χ0n) is 31.3. The first-order valence-electron chi connectivity index (χ1n) is 16.8. The minimum Gasteiger partial charge on any atom is -0.408 e. The van der Waals surface area contributed by atoms with E-state index >= 15 is 0 Å². The smallest absolute Gasteiger partial charge is 0.408 e. The zero-order chi connectivity index (χ0) is 44.9. The molecule has 0 saturated carbocycles. The van der Waals surface area contributed by atoms with E-state index in [9.17, 15) is 53.7 Å². The van der Waals surface area contributed by atoms with E-state index in [-0.39, 0.29) is 47.3 Å². The summed E-state index contributed by atoms with van der Waals surface area (Å²) in [4.78, 5) is 36.6. The molecule has 2 amide bonds. The molecule has 324 valence electrons. The van der Waals surface area contributed by atoms with Crippen LogP contribution in [0.15, 0.2) is 67.2 Å². The third kappa shape index (κ3) is 13.5. The first-order chi connectivity index (χ1) is 28.1. The third-order valence-corrected chi connectivity index (χ3v) is 10.2. The van der Waals surface area contributed by atoms with Crippen molar-refractivity contribution < 1.29 is 72.7 Å². The van der Waals surface area contributed by atoms with Gasteiger partial charge in [0.2, 0.25) is 11.8 Å². The summed E-state index contributed by atoms with van der Waals surface area (Å²) in [6.45, 7) is 6.29. The summed E-state index contributed by atoms with van der Waals surface area (Å²) in [6, 6.07) is 8.18. The summed E-state index contributed by atoms with van der Waals surface area (Å²) < 4.78 is 129. The number of nitrogens with one attached hydrogen (secondary N) is 2. The van der Waals surface area contributed by atoms with Crippen molar-refractivity contribution in [2.45, 2.75) is 62.7 Å². The van der Waals surface area contributed by atoms with Gasteiger partial charge < -0.3 is 8.83 Å². The monoisotopic (exact) mass is 914 g/mol. The number of anilines is 2. The van der Waals surface area contributed by atoms with Gasteiger partial charge in [0.05, 0.1) is 48.4 Å². The molecule has 0 radical (unpaired) electrons. The molecule has 25 heteroatoms. The zero-order valence-corrected chi connectivity index (χ0v) is 33.6. The van der Waals surface area contributed by atoms with Gasteiger partial charge >= 0.3 is 30.4 Å². The first kappa shape index (κ1) is 48.9. The van der Waals surface area contributed by atoms with Crippen LogP contribution in [0.5, 0.6) is 0 Å². The van der Waals surface area contributed by atoms with Gasteiger partial charge in [-0.1, -0.05) is 41.7 Å². The van der Waals surface area contributed by atoms with E-state index in [1.54, 1.807) is 26.0 Å². The van der Waals surface area contributed by atoms with Crippen LogP contribution in [0.3, 0.4) is 0 Å². The van der Waals surface area contributed by atoms with Gasteiger partial charge in [-0.05, 0) is 61.1 Å². The summed E-state index contributed by atoms with van der Waals surface area (Å²) >= 11 is 6.27. The molecule has 5 rings (SSSR count). The molecule has 2 aromatic heterocycles. The van der Waals surface area contributed by atoms with Gasteiger partial charge in [0.15, 0.2) is 5.82 Å². The average Bonchev–Trinajstić information content (AvgIpc) is 3.79. The molecule has 14 nitrogen and oxygen atoms in total. The number of carbonyl (C=O) groups excluding carboxylic acids is 3. The molecule has 1 atom stereocenters. The summed E-state index contributed by atoms with van der Waals surface area (Å²) in [5.41, 5.74) is -3.49. The van der Waals surface area contributed by atoms with Gasteiger partial charge in [-0.25, -0.2) is 13.6 Å². The molecular weight excluding hydrogens is 884 g/mol. The van der Waals surface area contributed by atoms with E-state index < -0.39 is 84.6 Å². The Morgan fingerprint density at radius 2 is 1.32 bits per heavy atom. The molecule has 0 spiro atoms. The Morgan fingerprint density at radius 1 is 0.800 bits per heavy atom. The van der Waals surface area contributed by atoms with Crippen molar-refractivity contribution in [3.8, 4) is 0 Å². The van der Waals surface area contributed by atoms with Crippen LogP contribution in [0.25, 0.3) is 0 Å². The van der Waals surface area contributed by atoms with Crippen LogP contribution in [0.1, 0.15) is 80.7 Å². The number of aromatic nitrogens is 4. The first-order valence-corrected chi connectivity index (χ1v) is 19.5. The molecule has 0 fully saturated rings. The second-order valence-corrected chi connectivity index (χ2v) is 14.6. The number of hydrogen-bond acceptors (Lipinski definition) is 13. The maximum absolute atomic E-state index is 14.6. The predicted octanol–water partition coefficient (Wildman–Crippen LogP) is 9.57. The molecule has 2 heterocycles. The van der Waals surface area contributed by atoms with Crippen molar-refractivity contribution in [3.63, 3.8) is 0 Å². The Hall–Kier alpha value is -5.46. The Balaban J connectivity index is 0.000000258. The summed E-state index contributed by atoms with van der Waals surface area (Å²) in [7, 11) is -2.25. The fourth-order valence-corrected chi connectivity index (χ4v) is 6.94. The van der Waals surface area contributed by atoms with Crippen molar-refractivity contribution >= 4 is 64.0 Å². The Bertz CT molecular complexity index is 2330. The number of amides is 2. The molecule has 0 bridgehead atoms. The predicted molar refractivity (Wildman–Crippen MR) is 199 cm³/mol. The van der Waals surface area contributed by atoms with E-state index in [0.717, 1.165) is 6.07 Å². The molecule has 0 aliphatic carbocycles. The highest BCUT2D eigenvalue weighted by Gasteiger charge is 2.38. The maximum Gasteiger partial charge on any atom is 0.417 e. The number of thioether (sulfide) groups is 1. The van der Waals surface area contributed by atoms with E-state index in [1.807, 2.05) is 0 Å². The Morgan fingerprint density at radius 3 is 1.75 bits per heavy atom. The second kappa shape index (κ2) is 21.7. The largest absolute Gasteiger partial charge is 0.417 e. The second-order valence-electron chi connectivity index (χ2n) is 11.6. The maximum atomic E-state index is 14.6. The van der Waals surface area contributed by atoms with E-state index in [1.165, 1.54) is 26.0 Å². The lowest BCUT2D eigenvalue weighted by molar-refractivity contribution is -0.182. The highest BCUT2D eigenvalue weighted by atomic mass is 35.5. The normalized spacial score (nSPS) is 11.7. The van der Waals surface area contributed by atoms with Gasteiger partial charge in [-0.2, -0.15) is 31.6 Å². The number of benzene rings is 3. The number of alkyl halides is 6. The molecule has 5 aromatic rings. The van der Waals surface area contributed by atoms with Gasteiger partial charge in [0.1, 0.15) is 5.82 Å². The fraction of sp³-hybridized carbons (Fsp3) is 0.286. The third-order valence-electron chi connectivity index (χ3n) is 7.00. The molecule has 1 unspecified atom stereocenters. The summed E-state index contributed by atoms with van der Waals surface area (Å²) in [5, 5.41) is 26.6. The summed E-state index contributed by atoms with van der Waals surface area (Å²) in [6.07, 6.45) is -8.78. The molecule has 3 N–H and O–H groups in total. The standard InChI is InChI=1S/C14H13F4N3O3S.C14H13F4N3O2S.C7H5ClO3/c1-3-6-25(23)11-9(14(16,17)18)5-4-8(10(11)15)12(22)19-13-21-20-7(2)24-13;1-3-6-24-11-9(14(16,17)18)5-4-8(10(11)15)12(22)19-13-21-20-7(2)23-13;8-6-3-1-2-5(4-6)7(9)11-10/h4-5H,3,6H2,1-2H3,(H,19,21,22);4-5H,3,6H2,1-2H3,(H,19,21,22);1-4,10H. The molecule has 3 aromatic carbocycles. The van der Waals surface area contributed by atoms with Gasteiger partial charge in [0.25, 0.3) is 11.8 Å². The van der Waals surface area contributed by atoms with Crippen molar-refractivity contribution in [2.24, 2.45) is 0 Å². The van der Waals surface area contributed by atoms with Crippen molar-refractivity contribution in [1.82, 2.24) is 20.4 Å². The quantitative estimate of drug-likeness (QED) is 0.0490. The van der Waals surface area contributed by atoms with Crippen molar-refractivity contribution in [3.05, 3.63) is 105 Å². The molecular formula is C35H31ClF8N6O8S2. The fourth-order valence-electron chi connectivity index (χ4n) is 4.46. The lowest BCUT2D eigenvalue weighted by Gasteiger charge is -2.15. The van der Waals surface area contributed by atoms with E-state index in [4.69, 9.17) is 25.7 Å². The van der Waals surface area contributed by atoms with Crippen molar-refractivity contribution in [1.29, 1.82) is 0 Å². The van der Waals surface area contributed by atoms with Crippen LogP contribution in [0.2, 0.25) is 5.02 Å².